The van der Waals surface area contributed by atoms with Crippen LogP contribution < -0.4 is 11.5 Å². The lowest BCUT2D eigenvalue weighted by molar-refractivity contribution is -0.419. The van der Waals surface area contributed by atoms with Crippen molar-refractivity contribution in [1.82, 2.24) is 0 Å². The van der Waals surface area contributed by atoms with Gasteiger partial charge in [0.1, 0.15) is 5.54 Å². The maximum absolute atomic E-state index is 11.3. The zero-order valence-corrected chi connectivity index (χ0v) is 9.55. The highest BCUT2D eigenvalue weighted by Crippen LogP contribution is 2.21. The van der Waals surface area contributed by atoms with E-state index in [1.165, 1.54) is 18.2 Å². The Kier molecular flexibility index (Phi) is 3.80. The molecule has 17 heavy (non-hydrogen) atoms. The third-order valence-corrected chi connectivity index (χ3v) is 2.58. The molecule has 1 atom stereocenters. The first-order chi connectivity index (χ1) is 7.85. The molecule has 0 aromatic carbocycles. The number of rotatable bonds is 2. The van der Waals surface area contributed by atoms with Crippen LogP contribution in [0.5, 0.6) is 0 Å². The molecule has 0 aliphatic heterocycles. The van der Waals surface area contributed by atoms with E-state index >= 15 is 0 Å². The van der Waals surface area contributed by atoms with E-state index in [9.17, 15) is 14.9 Å². The summed E-state index contributed by atoms with van der Waals surface area (Å²) in [4.78, 5) is 21.5. The number of carbonyl (C=O) groups excluding carboxylic acids is 1. The van der Waals surface area contributed by atoms with Crippen molar-refractivity contribution in [2.45, 2.75) is 25.3 Å². The molecule has 4 N–H and O–H groups in total. The Bertz CT molecular complexity index is 437. The van der Waals surface area contributed by atoms with Crippen LogP contribution in [-0.2, 0) is 4.79 Å². The Hall–Kier alpha value is -1.95. The number of amides is 1. The number of nitro groups is 1. The van der Waals surface area contributed by atoms with Gasteiger partial charge >= 0.3 is 0 Å². The first-order valence-electron chi connectivity index (χ1n) is 5.12. The summed E-state index contributed by atoms with van der Waals surface area (Å²) < 4.78 is 0. The molecule has 6 nitrogen and oxygen atoms in total. The maximum atomic E-state index is 11.3. The lowest BCUT2D eigenvalue weighted by Crippen LogP contribution is -2.51. The van der Waals surface area contributed by atoms with E-state index in [1.54, 1.807) is 13.0 Å². The molecule has 0 spiro atoms. The molecule has 1 unspecified atom stereocenters. The summed E-state index contributed by atoms with van der Waals surface area (Å²) in [5, 5.41) is 10.7. The molecule has 1 amide bonds. The van der Waals surface area contributed by atoms with Crippen LogP contribution in [0.1, 0.15) is 19.8 Å². The average molecular weight is 237 g/mol. The first kappa shape index (κ1) is 13.1. The van der Waals surface area contributed by atoms with E-state index in [0.29, 0.717) is 5.57 Å². The number of allylic oxidation sites excluding steroid dienone is 3. The third kappa shape index (κ3) is 3.25. The molecule has 0 fully saturated rings. The molecule has 0 aromatic rings. The Labute approximate surface area is 98.8 Å². The molecule has 0 saturated carbocycles. The number of primary amides is 1. The minimum Gasteiger partial charge on any atom is -0.368 e. The molecular weight excluding hydrogens is 222 g/mol. The topological polar surface area (TPSA) is 112 Å². The molecular formula is C11H15N3O3. The Morgan fingerprint density at radius 1 is 1.59 bits per heavy atom. The fourth-order valence-electron chi connectivity index (χ4n) is 1.67. The predicted octanol–water partition coefficient (Wildman–Crippen LogP) is 0.626. The second-order valence-electron chi connectivity index (χ2n) is 4.17. The highest BCUT2D eigenvalue weighted by molar-refractivity contribution is 5.85. The summed E-state index contributed by atoms with van der Waals surface area (Å²) in [6.07, 6.45) is 6.36. The van der Waals surface area contributed by atoms with Crippen molar-refractivity contribution in [1.29, 1.82) is 0 Å². The van der Waals surface area contributed by atoms with Crippen LogP contribution in [0.2, 0.25) is 0 Å². The van der Waals surface area contributed by atoms with E-state index in [1.807, 2.05) is 0 Å². The standard InChI is InChI=1S/C11H15N3O3/c1-8-6-9(14(16)17)4-2-3-5-11(13,7-8)10(12)15/h2-4,6H,5,7,13H2,1H3,(H2,12,15)/b3-2+,8-6+,9-4+. The highest BCUT2D eigenvalue weighted by atomic mass is 16.6. The summed E-state index contributed by atoms with van der Waals surface area (Å²) in [7, 11) is 0. The van der Waals surface area contributed by atoms with E-state index in [-0.39, 0.29) is 18.5 Å². The van der Waals surface area contributed by atoms with Gasteiger partial charge < -0.3 is 11.5 Å². The third-order valence-electron chi connectivity index (χ3n) is 2.58. The molecule has 0 saturated heterocycles. The van der Waals surface area contributed by atoms with Crippen molar-refractivity contribution in [3.63, 3.8) is 0 Å². The maximum Gasteiger partial charge on any atom is 0.269 e. The minimum absolute atomic E-state index is 0.0347. The van der Waals surface area contributed by atoms with Gasteiger partial charge in [-0.1, -0.05) is 17.7 Å². The fourth-order valence-corrected chi connectivity index (χ4v) is 1.67. The van der Waals surface area contributed by atoms with Crippen LogP contribution in [0.4, 0.5) is 0 Å². The summed E-state index contributed by atoms with van der Waals surface area (Å²) in [6.45, 7) is 1.69. The number of nitrogens with two attached hydrogens (primary N) is 2. The van der Waals surface area contributed by atoms with Gasteiger partial charge in [-0.15, -0.1) is 0 Å². The van der Waals surface area contributed by atoms with Gasteiger partial charge in [0.25, 0.3) is 5.70 Å². The summed E-state index contributed by atoms with van der Waals surface area (Å²) >= 11 is 0. The van der Waals surface area contributed by atoms with Gasteiger partial charge in [-0.2, -0.15) is 0 Å². The van der Waals surface area contributed by atoms with Gasteiger partial charge in [-0.05, 0) is 19.8 Å². The van der Waals surface area contributed by atoms with Crippen molar-refractivity contribution >= 4 is 5.91 Å². The Morgan fingerprint density at radius 3 is 2.76 bits per heavy atom. The molecule has 0 bridgehead atoms. The van der Waals surface area contributed by atoms with Crippen LogP contribution >= 0.6 is 0 Å². The van der Waals surface area contributed by atoms with Crippen LogP contribution in [0.3, 0.4) is 0 Å². The zero-order valence-electron chi connectivity index (χ0n) is 9.55. The summed E-state index contributed by atoms with van der Waals surface area (Å²) in [5.74, 6) is -0.612. The minimum atomic E-state index is -1.18. The Balaban J connectivity index is 3.11. The molecule has 1 rings (SSSR count). The SMILES string of the molecule is C\C1=C/C([N+](=O)[O-])=C\C=C\CC(N)(C(N)=O)C1. The smallest absolute Gasteiger partial charge is 0.269 e. The lowest BCUT2D eigenvalue weighted by Gasteiger charge is -2.24. The number of hydrogen-bond acceptors (Lipinski definition) is 4. The van der Waals surface area contributed by atoms with Crippen molar-refractivity contribution in [3.8, 4) is 0 Å². The second kappa shape index (κ2) is 4.92. The van der Waals surface area contributed by atoms with Crippen LogP contribution in [-0.4, -0.2) is 16.4 Å². The van der Waals surface area contributed by atoms with Gasteiger partial charge in [0.2, 0.25) is 5.91 Å². The largest absolute Gasteiger partial charge is 0.368 e. The van der Waals surface area contributed by atoms with Gasteiger partial charge in [-0.3, -0.25) is 14.9 Å². The Morgan fingerprint density at radius 2 is 2.24 bits per heavy atom. The first-order valence-corrected chi connectivity index (χ1v) is 5.12. The average Bonchev–Trinajstić information content (AvgIpc) is 2.28. The van der Waals surface area contributed by atoms with Crippen molar-refractivity contribution < 1.29 is 9.72 Å². The zero-order chi connectivity index (χ0) is 13.1. The van der Waals surface area contributed by atoms with E-state index < -0.39 is 16.4 Å². The van der Waals surface area contributed by atoms with Crippen LogP contribution in [0.25, 0.3) is 0 Å². The quantitative estimate of drug-likeness (QED) is 0.541. The molecule has 1 aliphatic rings. The van der Waals surface area contributed by atoms with Crippen molar-refractivity contribution in [2.75, 3.05) is 0 Å². The molecule has 92 valence electrons. The van der Waals surface area contributed by atoms with Gasteiger partial charge in [0.05, 0.1) is 4.92 Å². The fraction of sp³-hybridized carbons (Fsp3) is 0.364. The molecule has 0 heterocycles. The van der Waals surface area contributed by atoms with Crippen LogP contribution in [0, 0.1) is 10.1 Å². The number of carbonyl (C=O) groups is 1. The highest BCUT2D eigenvalue weighted by Gasteiger charge is 2.31. The van der Waals surface area contributed by atoms with Gasteiger partial charge in [-0.25, -0.2) is 0 Å². The van der Waals surface area contributed by atoms with E-state index in [2.05, 4.69) is 0 Å². The predicted molar refractivity (Wildman–Crippen MR) is 63.3 cm³/mol. The monoisotopic (exact) mass is 237 g/mol. The lowest BCUT2D eigenvalue weighted by atomic mass is 9.88. The summed E-state index contributed by atoms with van der Waals surface area (Å²) in [6, 6.07) is 0. The second-order valence-corrected chi connectivity index (χ2v) is 4.17. The van der Waals surface area contributed by atoms with E-state index in [4.69, 9.17) is 11.5 Å². The van der Waals surface area contributed by atoms with E-state index in [0.717, 1.165) is 0 Å². The molecule has 6 heteroatoms. The molecule has 0 aromatic heterocycles. The van der Waals surface area contributed by atoms with Gasteiger partial charge in [0, 0.05) is 12.2 Å². The molecule has 0 radical (unpaired) electrons. The van der Waals surface area contributed by atoms with Crippen molar-refractivity contribution in [3.05, 3.63) is 45.7 Å². The van der Waals surface area contributed by atoms with Gasteiger partial charge in [0.15, 0.2) is 0 Å². The van der Waals surface area contributed by atoms with Crippen LogP contribution in [0.15, 0.2) is 35.6 Å². The summed E-state index contributed by atoms with van der Waals surface area (Å²) in [5.41, 5.74) is 10.6. The molecule has 1 aliphatic carbocycles. The normalized spacial score (nSPS) is 33.1. The van der Waals surface area contributed by atoms with Crippen molar-refractivity contribution in [2.24, 2.45) is 11.5 Å². The number of nitrogens with zero attached hydrogens (tertiary/aromatic N) is 1. The number of hydrogen-bond donors (Lipinski definition) is 2.